The number of hydrogen-bond acceptors (Lipinski definition) is 5. The predicted molar refractivity (Wildman–Crippen MR) is 115 cm³/mol. The fourth-order valence-electron chi connectivity index (χ4n) is 2.74. The molecule has 1 aliphatic heterocycles. The van der Waals surface area contributed by atoms with Gasteiger partial charge in [0.2, 0.25) is 5.91 Å². The van der Waals surface area contributed by atoms with Gasteiger partial charge in [-0.05, 0) is 60.2 Å². The van der Waals surface area contributed by atoms with Crippen LogP contribution in [0.3, 0.4) is 0 Å². The van der Waals surface area contributed by atoms with E-state index in [0.717, 1.165) is 27.8 Å². The van der Waals surface area contributed by atoms with Gasteiger partial charge in [0.1, 0.15) is 6.54 Å². The number of thioether (sulfide) groups is 1. The van der Waals surface area contributed by atoms with E-state index in [9.17, 15) is 19.2 Å². The molecule has 3 amide bonds. The van der Waals surface area contributed by atoms with Crippen LogP contribution < -0.4 is 5.32 Å². The van der Waals surface area contributed by atoms with Crippen LogP contribution in [-0.4, -0.2) is 39.6 Å². The van der Waals surface area contributed by atoms with Gasteiger partial charge in [-0.25, -0.2) is 4.79 Å². The molecular weight excluding hydrogens is 404 g/mol. The molecule has 2 aromatic carbocycles. The third-order valence-electron chi connectivity index (χ3n) is 4.14. The first-order valence-electron chi connectivity index (χ1n) is 8.95. The van der Waals surface area contributed by atoms with E-state index in [1.54, 1.807) is 6.08 Å². The number of nitrogens with one attached hydrogen (secondary N) is 1. The van der Waals surface area contributed by atoms with Gasteiger partial charge in [-0.1, -0.05) is 36.4 Å². The maximum Gasteiger partial charge on any atom is 0.335 e. The molecule has 0 saturated carbocycles. The second-order valence-corrected chi connectivity index (χ2v) is 7.49. The summed E-state index contributed by atoms with van der Waals surface area (Å²) >= 11 is 0.787. The van der Waals surface area contributed by atoms with Crippen LogP contribution in [0.15, 0.2) is 71.2 Å². The first-order chi connectivity index (χ1) is 14.3. The summed E-state index contributed by atoms with van der Waals surface area (Å²) in [5, 5.41) is 10.9. The van der Waals surface area contributed by atoms with Gasteiger partial charge in [0.05, 0.1) is 10.5 Å². The molecule has 0 bridgehead atoms. The van der Waals surface area contributed by atoms with E-state index in [1.807, 2.05) is 43.3 Å². The minimum absolute atomic E-state index is 0.0861. The SMILES string of the molecule is CC(=C/c1ccccc1)/C=C1\SC(=O)N(CC(=O)Nc2ccc(C(=O)O)cc2)C1=O. The normalized spacial score (nSPS) is 15.6. The summed E-state index contributed by atoms with van der Waals surface area (Å²) in [4.78, 5) is 49.0. The lowest BCUT2D eigenvalue weighted by Crippen LogP contribution is -2.36. The number of carboxylic acids is 1. The first kappa shape index (κ1) is 21.1. The van der Waals surface area contributed by atoms with Crippen LogP contribution in [0.2, 0.25) is 0 Å². The zero-order valence-corrected chi connectivity index (χ0v) is 16.8. The zero-order chi connectivity index (χ0) is 21.7. The maximum atomic E-state index is 12.6. The quantitative estimate of drug-likeness (QED) is 0.682. The zero-order valence-electron chi connectivity index (χ0n) is 16.0. The van der Waals surface area contributed by atoms with Crippen LogP contribution in [0.25, 0.3) is 6.08 Å². The van der Waals surface area contributed by atoms with E-state index < -0.39 is 29.6 Å². The third-order valence-corrected chi connectivity index (χ3v) is 5.05. The van der Waals surface area contributed by atoms with Gasteiger partial charge in [-0.3, -0.25) is 19.3 Å². The molecule has 152 valence electrons. The van der Waals surface area contributed by atoms with Crippen LogP contribution in [0.4, 0.5) is 10.5 Å². The van der Waals surface area contributed by atoms with Crippen molar-refractivity contribution >= 4 is 46.5 Å². The Morgan fingerprint density at radius 2 is 1.73 bits per heavy atom. The van der Waals surface area contributed by atoms with Crippen molar-refractivity contribution in [1.29, 1.82) is 0 Å². The van der Waals surface area contributed by atoms with Crippen molar-refractivity contribution in [2.45, 2.75) is 6.92 Å². The molecule has 1 aliphatic rings. The number of anilines is 1. The molecule has 8 heteroatoms. The summed E-state index contributed by atoms with van der Waals surface area (Å²) in [6, 6.07) is 15.1. The van der Waals surface area contributed by atoms with Crippen molar-refractivity contribution in [2.75, 3.05) is 11.9 Å². The Morgan fingerprint density at radius 3 is 2.37 bits per heavy atom. The Balaban J connectivity index is 1.65. The summed E-state index contributed by atoms with van der Waals surface area (Å²) in [7, 11) is 0. The number of rotatable bonds is 6. The highest BCUT2D eigenvalue weighted by molar-refractivity contribution is 8.18. The second kappa shape index (κ2) is 9.23. The Bertz CT molecular complexity index is 1060. The second-order valence-electron chi connectivity index (χ2n) is 6.50. The fraction of sp³-hybridized carbons (Fsp3) is 0.0909. The molecule has 3 rings (SSSR count). The van der Waals surface area contributed by atoms with Crippen LogP contribution in [0.1, 0.15) is 22.8 Å². The van der Waals surface area contributed by atoms with Crippen LogP contribution in [0.5, 0.6) is 0 Å². The molecule has 0 aliphatic carbocycles. The van der Waals surface area contributed by atoms with Gasteiger partial charge in [-0.2, -0.15) is 0 Å². The highest BCUT2D eigenvalue weighted by Crippen LogP contribution is 2.31. The van der Waals surface area contributed by atoms with Crippen molar-refractivity contribution in [1.82, 2.24) is 4.90 Å². The van der Waals surface area contributed by atoms with Crippen LogP contribution >= 0.6 is 11.8 Å². The van der Waals surface area contributed by atoms with Gasteiger partial charge in [0.15, 0.2) is 0 Å². The van der Waals surface area contributed by atoms with Gasteiger partial charge in [-0.15, -0.1) is 0 Å². The van der Waals surface area contributed by atoms with E-state index in [0.29, 0.717) is 5.69 Å². The van der Waals surface area contributed by atoms with Crippen molar-refractivity contribution in [3.05, 3.63) is 82.3 Å². The number of hydrogen-bond donors (Lipinski definition) is 2. The van der Waals surface area contributed by atoms with Gasteiger partial charge >= 0.3 is 5.97 Å². The maximum absolute atomic E-state index is 12.6. The van der Waals surface area contributed by atoms with E-state index in [-0.39, 0.29) is 10.5 Å². The van der Waals surface area contributed by atoms with Crippen molar-refractivity contribution in [3.8, 4) is 0 Å². The summed E-state index contributed by atoms with van der Waals surface area (Å²) in [6.07, 6.45) is 3.52. The molecule has 0 atom stereocenters. The number of amides is 3. The summed E-state index contributed by atoms with van der Waals surface area (Å²) < 4.78 is 0. The molecule has 1 heterocycles. The standard InChI is InChI=1S/C22H18N2O5S/c1-14(11-15-5-3-2-4-6-15)12-18-20(26)24(22(29)30-18)13-19(25)23-17-9-7-16(8-10-17)21(27)28/h2-12H,13H2,1H3,(H,23,25)(H,27,28)/b14-11-,18-12-. The molecule has 0 radical (unpaired) electrons. The summed E-state index contributed by atoms with van der Waals surface area (Å²) in [5.74, 6) is -2.16. The molecule has 2 aromatic rings. The highest BCUT2D eigenvalue weighted by atomic mass is 32.2. The van der Waals surface area contributed by atoms with Crippen LogP contribution in [-0.2, 0) is 9.59 Å². The third kappa shape index (κ3) is 5.24. The lowest BCUT2D eigenvalue weighted by molar-refractivity contribution is -0.127. The Labute approximate surface area is 177 Å². The molecule has 0 unspecified atom stereocenters. The minimum Gasteiger partial charge on any atom is -0.478 e. The Hall–Kier alpha value is -3.65. The summed E-state index contributed by atoms with van der Waals surface area (Å²) in [6.45, 7) is 1.40. The Kier molecular flexibility index (Phi) is 6.48. The van der Waals surface area contributed by atoms with Gasteiger partial charge < -0.3 is 10.4 Å². The topological polar surface area (TPSA) is 104 Å². The van der Waals surface area contributed by atoms with E-state index in [4.69, 9.17) is 5.11 Å². The van der Waals surface area contributed by atoms with E-state index in [1.165, 1.54) is 24.3 Å². The molecule has 30 heavy (non-hydrogen) atoms. The number of benzene rings is 2. The first-order valence-corrected chi connectivity index (χ1v) is 9.77. The molecule has 0 spiro atoms. The lowest BCUT2D eigenvalue weighted by atomic mass is 10.1. The summed E-state index contributed by atoms with van der Waals surface area (Å²) in [5.41, 5.74) is 2.23. The molecule has 1 fully saturated rings. The van der Waals surface area contributed by atoms with Crippen LogP contribution in [0, 0.1) is 0 Å². The van der Waals surface area contributed by atoms with E-state index in [2.05, 4.69) is 5.32 Å². The van der Waals surface area contributed by atoms with Gasteiger partial charge in [0.25, 0.3) is 11.1 Å². The highest BCUT2D eigenvalue weighted by Gasteiger charge is 2.36. The monoisotopic (exact) mass is 422 g/mol. The number of allylic oxidation sites excluding steroid dienone is 2. The number of imide groups is 1. The number of nitrogens with zero attached hydrogens (tertiary/aromatic N) is 1. The average molecular weight is 422 g/mol. The molecule has 2 N–H and O–H groups in total. The largest absolute Gasteiger partial charge is 0.478 e. The lowest BCUT2D eigenvalue weighted by Gasteiger charge is -2.12. The molecule has 1 saturated heterocycles. The van der Waals surface area contributed by atoms with Gasteiger partial charge in [0, 0.05) is 5.69 Å². The number of aromatic carboxylic acids is 1. The smallest absolute Gasteiger partial charge is 0.335 e. The Morgan fingerprint density at radius 1 is 1.07 bits per heavy atom. The number of carboxylic acid groups (broad SMARTS) is 1. The van der Waals surface area contributed by atoms with Crippen molar-refractivity contribution < 1.29 is 24.3 Å². The molecule has 0 aromatic heterocycles. The number of carbonyl (C=O) groups is 4. The predicted octanol–water partition coefficient (Wildman–Crippen LogP) is 4.01. The minimum atomic E-state index is -1.07. The van der Waals surface area contributed by atoms with Crippen molar-refractivity contribution in [2.24, 2.45) is 0 Å². The van der Waals surface area contributed by atoms with E-state index >= 15 is 0 Å². The molecule has 7 nitrogen and oxygen atoms in total. The van der Waals surface area contributed by atoms with Crippen molar-refractivity contribution in [3.63, 3.8) is 0 Å². The molecular formula is C22H18N2O5S. The average Bonchev–Trinajstić information content (AvgIpc) is 2.96. The fourth-order valence-corrected chi connectivity index (χ4v) is 3.63. The number of carbonyl (C=O) groups excluding carboxylic acids is 3.